The molecule has 188 valence electrons. The number of nitrogens with one attached hydrogen (secondary N) is 1. The van der Waals surface area contributed by atoms with E-state index < -0.39 is 0 Å². The molecule has 0 atom stereocenters. The summed E-state index contributed by atoms with van der Waals surface area (Å²) in [6, 6.07) is 0. The Hall–Kier alpha value is -2.17. The van der Waals surface area contributed by atoms with Crippen molar-refractivity contribution in [3.63, 3.8) is 0 Å². The van der Waals surface area contributed by atoms with Crippen molar-refractivity contribution < 1.29 is 14.3 Å². The van der Waals surface area contributed by atoms with Crippen LogP contribution in [0.3, 0.4) is 0 Å². The molecule has 1 aliphatic rings. The maximum absolute atomic E-state index is 13.0. The Morgan fingerprint density at radius 2 is 1.94 bits per heavy atom. The van der Waals surface area contributed by atoms with Crippen molar-refractivity contribution in [1.82, 2.24) is 14.8 Å². The molecule has 10 heteroatoms. The third-order valence-corrected chi connectivity index (χ3v) is 9.52. The van der Waals surface area contributed by atoms with Crippen LogP contribution in [0.15, 0.2) is 10.5 Å². The Labute approximate surface area is 218 Å². The highest BCUT2D eigenvalue weighted by molar-refractivity contribution is 7.99. The van der Waals surface area contributed by atoms with E-state index >= 15 is 0 Å². The number of ether oxygens (including phenoxy) is 1. The van der Waals surface area contributed by atoms with Gasteiger partial charge in [-0.05, 0) is 57.1 Å². The minimum Gasteiger partial charge on any atom is -0.465 e. The number of anilines is 1. The fourth-order valence-corrected chi connectivity index (χ4v) is 7.29. The van der Waals surface area contributed by atoms with Gasteiger partial charge in [0.15, 0.2) is 11.0 Å². The maximum atomic E-state index is 13.0. The number of thiophene rings is 2. The molecule has 0 aliphatic heterocycles. The zero-order chi connectivity index (χ0) is 24.9. The Morgan fingerprint density at radius 3 is 2.63 bits per heavy atom. The van der Waals surface area contributed by atoms with Crippen LogP contribution in [-0.4, -0.2) is 39.5 Å². The average molecular weight is 533 g/mol. The number of fused-ring (bicyclic) bond motifs is 1. The Bertz CT molecular complexity index is 1210. The molecule has 0 unspecified atom stereocenters. The van der Waals surface area contributed by atoms with E-state index in [1.807, 2.05) is 0 Å². The van der Waals surface area contributed by atoms with E-state index in [2.05, 4.69) is 46.2 Å². The van der Waals surface area contributed by atoms with Crippen molar-refractivity contribution in [2.24, 2.45) is 0 Å². The van der Waals surface area contributed by atoms with Crippen molar-refractivity contribution in [3.8, 4) is 11.4 Å². The van der Waals surface area contributed by atoms with Gasteiger partial charge in [-0.15, -0.1) is 32.9 Å². The molecule has 0 fully saturated rings. The van der Waals surface area contributed by atoms with Crippen molar-refractivity contribution in [2.75, 3.05) is 18.2 Å². The lowest BCUT2D eigenvalue weighted by Crippen LogP contribution is -2.17. The van der Waals surface area contributed by atoms with E-state index in [1.165, 1.54) is 58.4 Å². The standard InChI is InChI=1S/C25H32N4O3S3/c1-5-12-29-22(18-13-33-16(3)15(18)2)27-28-25(29)34-14-20(30)26-23-21(24(31)32-4)17-10-8-6-7-9-11-19(17)35-23/h13H,5-12,14H2,1-4H3,(H,26,30). The Kier molecular flexibility index (Phi) is 8.67. The molecule has 1 N–H and O–H groups in total. The first-order valence-electron chi connectivity index (χ1n) is 12.1. The summed E-state index contributed by atoms with van der Waals surface area (Å²) in [5.74, 6) is 0.499. The van der Waals surface area contributed by atoms with Crippen LogP contribution in [0, 0.1) is 13.8 Å². The number of hydrogen-bond acceptors (Lipinski definition) is 8. The van der Waals surface area contributed by atoms with Gasteiger partial charge in [-0.2, -0.15) is 0 Å². The molecule has 1 aliphatic carbocycles. The molecule has 7 nitrogen and oxygen atoms in total. The largest absolute Gasteiger partial charge is 0.465 e. The molecule has 3 aromatic heterocycles. The summed E-state index contributed by atoms with van der Waals surface area (Å²) in [7, 11) is 1.39. The Balaban J connectivity index is 1.51. The van der Waals surface area contributed by atoms with Gasteiger partial charge in [-0.25, -0.2) is 4.79 Å². The van der Waals surface area contributed by atoms with Crippen molar-refractivity contribution in [3.05, 3.63) is 31.8 Å². The molecule has 3 heterocycles. The SMILES string of the molecule is CCCn1c(SCC(=O)Nc2sc3c(c2C(=O)OC)CCCCCC3)nnc1-c1csc(C)c1C. The van der Waals surface area contributed by atoms with Gasteiger partial charge in [0.1, 0.15) is 5.00 Å². The predicted octanol–water partition coefficient (Wildman–Crippen LogP) is 6.27. The summed E-state index contributed by atoms with van der Waals surface area (Å²) in [5.41, 5.74) is 3.91. The zero-order valence-electron chi connectivity index (χ0n) is 20.7. The van der Waals surface area contributed by atoms with Crippen LogP contribution in [-0.2, 0) is 28.9 Å². The summed E-state index contributed by atoms with van der Waals surface area (Å²) in [5, 5.41) is 15.3. The van der Waals surface area contributed by atoms with Crippen LogP contribution in [0.25, 0.3) is 11.4 Å². The predicted molar refractivity (Wildman–Crippen MR) is 144 cm³/mol. The molecule has 0 aromatic carbocycles. The van der Waals surface area contributed by atoms with Crippen molar-refractivity contribution in [1.29, 1.82) is 0 Å². The monoisotopic (exact) mass is 532 g/mol. The zero-order valence-corrected chi connectivity index (χ0v) is 23.2. The summed E-state index contributed by atoms with van der Waals surface area (Å²) >= 11 is 4.61. The van der Waals surface area contributed by atoms with E-state index in [1.54, 1.807) is 11.3 Å². The van der Waals surface area contributed by atoms with E-state index in [-0.39, 0.29) is 17.6 Å². The van der Waals surface area contributed by atoms with Gasteiger partial charge in [0, 0.05) is 27.2 Å². The summed E-state index contributed by atoms with van der Waals surface area (Å²) in [6.45, 7) is 7.12. The molecule has 0 spiro atoms. The first-order valence-corrected chi connectivity index (χ1v) is 14.8. The quantitative estimate of drug-likeness (QED) is 0.272. The summed E-state index contributed by atoms with van der Waals surface area (Å²) in [6.07, 6.45) is 7.26. The van der Waals surface area contributed by atoms with Crippen LogP contribution in [0.1, 0.15) is 70.3 Å². The van der Waals surface area contributed by atoms with E-state index in [9.17, 15) is 9.59 Å². The number of aryl methyl sites for hydroxylation is 2. The number of esters is 1. The van der Waals surface area contributed by atoms with Crippen LogP contribution in [0.2, 0.25) is 0 Å². The van der Waals surface area contributed by atoms with Gasteiger partial charge in [-0.1, -0.05) is 31.5 Å². The smallest absolute Gasteiger partial charge is 0.341 e. The number of nitrogens with zero attached hydrogens (tertiary/aromatic N) is 3. The second-order valence-electron chi connectivity index (χ2n) is 8.74. The highest BCUT2D eigenvalue weighted by atomic mass is 32.2. The van der Waals surface area contributed by atoms with Crippen LogP contribution < -0.4 is 5.32 Å². The fourth-order valence-electron chi connectivity index (χ4n) is 4.37. The number of thioether (sulfide) groups is 1. The molecular formula is C25H32N4O3S3. The summed E-state index contributed by atoms with van der Waals surface area (Å²) < 4.78 is 7.17. The molecular weight excluding hydrogens is 501 g/mol. The molecule has 3 aromatic rings. The van der Waals surface area contributed by atoms with E-state index in [0.29, 0.717) is 10.6 Å². The van der Waals surface area contributed by atoms with Gasteiger partial charge in [0.25, 0.3) is 0 Å². The Morgan fingerprint density at radius 1 is 1.17 bits per heavy atom. The number of carbonyl (C=O) groups is 2. The maximum Gasteiger partial charge on any atom is 0.341 e. The number of hydrogen-bond donors (Lipinski definition) is 1. The third-order valence-electron chi connectivity index (χ3n) is 6.34. The summed E-state index contributed by atoms with van der Waals surface area (Å²) in [4.78, 5) is 28.1. The highest BCUT2D eigenvalue weighted by Gasteiger charge is 2.26. The molecule has 1 amide bonds. The van der Waals surface area contributed by atoms with Crippen LogP contribution >= 0.6 is 34.4 Å². The lowest BCUT2D eigenvalue weighted by atomic mass is 9.96. The second-order valence-corrected chi connectivity index (χ2v) is 11.9. The van der Waals surface area contributed by atoms with Crippen LogP contribution in [0.5, 0.6) is 0 Å². The topological polar surface area (TPSA) is 86.1 Å². The van der Waals surface area contributed by atoms with Crippen molar-refractivity contribution >= 4 is 51.3 Å². The molecule has 0 saturated heterocycles. The van der Waals surface area contributed by atoms with Gasteiger partial charge in [0.2, 0.25) is 5.91 Å². The minimum atomic E-state index is -0.375. The molecule has 4 rings (SSSR count). The molecule has 0 saturated carbocycles. The molecule has 0 bridgehead atoms. The lowest BCUT2D eigenvalue weighted by Gasteiger charge is -2.11. The van der Waals surface area contributed by atoms with Crippen LogP contribution in [0.4, 0.5) is 5.00 Å². The number of amides is 1. The fraction of sp³-hybridized carbons (Fsp3) is 0.520. The first-order chi connectivity index (χ1) is 16.9. The van der Waals surface area contributed by atoms with Gasteiger partial charge in [-0.3, -0.25) is 4.79 Å². The van der Waals surface area contributed by atoms with Gasteiger partial charge >= 0.3 is 5.97 Å². The van der Waals surface area contributed by atoms with Gasteiger partial charge < -0.3 is 14.6 Å². The highest BCUT2D eigenvalue weighted by Crippen LogP contribution is 2.38. The lowest BCUT2D eigenvalue weighted by molar-refractivity contribution is -0.113. The first kappa shape index (κ1) is 25.9. The molecule has 35 heavy (non-hydrogen) atoms. The normalized spacial score (nSPS) is 13.7. The number of rotatable bonds is 8. The molecule has 0 radical (unpaired) electrons. The third kappa shape index (κ3) is 5.65. The number of carbonyl (C=O) groups excluding carboxylic acids is 2. The van der Waals surface area contributed by atoms with Gasteiger partial charge in [0.05, 0.1) is 18.4 Å². The van der Waals surface area contributed by atoms with Crippen molar-refractivity contribution in [2.45, 2.75) is 77.4 Å². The second kappa shape index (κ2) is 11.7. The van der Waals surface area contributed by atoms with E-state index in [0.717, 1.165) is 60.8 Å². The minimum absolute atomic E-state index is 0.162. The average Bonchev–Trinajstić information content (AvgIpc) is 3.48. The van der Waals surface area contributed by atoms with E-state index in [4.69, 9.17) is 4.74 Å². The number of methoxy groups -OCH3 is 1. The number of aromatic nitrogens is 3.